The monoisotopic (exact) mass is 319 g/mol. The SMILES string of the molecule is CC(NCC1CSCCS1)c1cccc(OC(F)F)c1. The summed E-state index contributed by atoms with van der Waals surface area (Å²) in [5.41, 5.74) is 0.969. The Balaban J connectivity index is 1.86. The highest BCUT2D eigenvalue weighted by molar-refractivity contribution is 8.06. The summed E-state index contributed by atoms with van der Waals surface area (Å²) in [6.07, 6.45) is 0. The van der Waals surface area contributed by atoms with Crippen LogP contribution < -0.4 is 10.1 Å². The number of hydrogen-bond acceptors (Lipinski definition) is 4. The van der Waals surface area contributed by atoms with Crippen LogP contribution in [0.3, 0.4) is 0 Å². The maximum Gasteiger partial charge on any atom is 0.387 e. The van der Waals surface area contributed by atoms with Crippen molar-refractivity contribution in [1.82, 2.24) is 5.32 Å². The predicted octanol–water partition coefficient (Wildman–Crippen LogP) is 3.79. The second-order valence-electron chi connectivity index (χ2n) is 4.65. The number of rotatable bonds is 6. The third-order valence-corrected chi connectivity index (χ3v) is 5.96. The summed E-state index contributed by atoms with van der Waals surface area (Å²) in [4.78, 5) is 0. The Morgan fingerprint density at radius 1 is 1.40 bits per heavy atom. The van der Waals surface area contributed by atoms with Gasteiger partial charge in [0.2, 0.25) is 0 Å². The molecular weight excluding hydrogens is 300 g/mol. The van der Waals surface area contributed by atoms with Gasteiger partial charge in [0.25, 0.3) is 0 Å². The maximum absolute atomic E-state index is 12.2. The van der Waals surface area contributed by atoms with Gasteiger partial charge in [0.1, 0.15) is 5.75 Å². The molecule has 0 amide bonds. The standard InChI is InChI=1S/C14H19F2NOS2/c1-10(17-8-13-9-19-5-6-20-13)11-3-2-4-12(7-11)18-14(15)16/h2-4,7,10,13-14,17H,5-6,8-9H2,1H3. The molecule has 0 aromatic heterocycles. The first-order chi connectivity index (χ1) is 9.65. The predicted molar refractivity (Wildman–Crippen MR) is 83.1 cm³/mol. The third kappa shape index (κ3) is 5.14. The lowest BCUT2D eigenvalue weighted by atomic mass is 10.1. The number of halogens is 2. The van der Waals surface area contributed by atoms with Crippen LogP contribution in [0.5, 0.6) is 5.75 Å². The average molecular weight is 319 g/mol. The lowest BCUT2D eigenvalue weighted by molar-refractivity contribution is -0.0499. The molecule has 6 heteroatoms. The molecule has 112 valence electrons. The summed E-state index contributed by atoms with van der Waals surface area (Å²) in [6.45, 7) is 0.213. The minimum absolute atomic E-state index is 0.128. The molecule has 2 unspecified atom stereocenters. The molecule has 0 aliphatic carbocycles. The number of ether oxygens (including phenoxy) is 1. The molecule has 20 heavy (non-hydrogen) atoms. The lowest BCUT2D eigenvalue weighted by Gasteiger charge is -2.23. The van der Waals surface area contributed by atoms with Gasteiger partial charge in [-0.3, -0.25) is 0 Å². The van der Waals surface area contributed by atoms with Crippen LogP contribution in [-0.4, -0.2) is 35.7 Å². The quantitative estimate of drug-likeness (QED) is 0.861. The van der Waals surface area contributed by atoms with Crippen LogP contribution in [0.2, 0.25) is 0 Å². The third-order valence-electron chi connectivity index (χ3n) is 3.12. The van der Waals surface area contributed by atoms with Crippen molar-refractivity contribution in [2.24, 2.45) is 0 Å². The van der Waals surface area contributed by atoms with Gasteiger partial charge in [-0.2, -0.15) is 32.3 Å². The van der Waals surface area contributed by atoms with Crippen molar-refractivity contribution in [1.29, 1.82) is 0 Å². The van der Waals surface area contributed by atoms with E-state index in [-0.39, 0.29) is 11.8 Å². The molecule has 2 atom stereocenters. The molecule has 1 saturated heterocycles. The highest BCUT2D eigenvalue weighted by Crippen LogP contribution is 2.25. The Kier molecular flexibility index (Phi) is 6.45. The number of alkyl halides is 2. The molecule has 1 aliphatic heterocycles. The van der Waals surface area contributed by atoms with E-state index in [4.69, 9.17) is 0 Å². The molecule has 1 N–H and O–H groups in total. The van der Waals surface area contributed by atoms with Crippen molar-refractivity contribution in [3.63, 3.8) is 0 Å². The largest absolute Gasteiger partial charge is 0.435 e. The minimum atomic E-state index is -2.77. The Morgan fingerprint density at radius 2 is 2.25 bits per heavy atom. The molecule has 1 fully saturated rings. The Labute approximate surface area is 127 Å². The van der Waals surface area contributed by atoms with E-state index in [1.807, 2.05) is 36.5 Å². The van der Waals surface area contributed by atoms with Gasteiger partial charge in [0.15, 0.2) is 0 Å². The summed E-state index contributed by atoms with van der Waals surface area (Å²) in [5, 5.41) is 4.11. The van der Waals surface area contributed by atoms with E-state index in [9.17, 15) is 8.78 Å². The highest BCUT2D eigenvalue weighted by atomic mass is 32.2. The normalized spacial score (nSPS) is 20.9. The van der Waals surface area contributed by atoms with Crippen LogP contribution in [0.15, 0.2) is 24.3 Å². The average Bonchev–Trinajstić information content (AvgIpc) is 2.45. The number of benzene rings is 1. The van der Waals surface area contributed by atoms with Gasteiger partial charge in [-0.1, -0.05) is 12.1 Å². The summed E-state index contributed by atoms with van der Waals surface area (Å²) < 4.78 is 28.8. The van der Waals surface area contributed by atoms with Gasteiger partial charge >= 0.3 is 6.61 Å². The van der Waals surface area contributed by atoms with Crippen LogP contribution in [-0.2, 0) is 0 Å². The summed E-state index contributed by atoms with van der Waals surface area (Å²) >= 11 is 4.00. The van der Waals surface area contributed by atoms with Crippen molar-refractivity contribution in [3.05, 3.63) is 29.8 Å². The van der Waals surface area contributed by atoms with Crippen molar-refractivity contribution in [2.75, 3.05) is 23.8 Å². The summed E-state index contributed by atoms with van der Waals surface area (Å²) in [7, 11) is 0. The zero-order valence-electron chi connectivity index (χ0n) is 11.4. The van der Waals surface area contributed by atoms with E-state index >= 15 is 0 Å². The molecule has 1 heterocycles. The maximum atomic E-state index is 12.2. The van der Waals surface area contributed by atoms with Gasteiger partial charge < -0.3 is 10.1 Å². The fourth-order valence-electron chi connectivity index (χ4n) is 2.04. The number of nitrogens with one attached hydrogen (secondary N) is 1. The Hall–Kier alpha value is -0.460. The van der Waals surface area contributed by atoms with Crippen molar-refractivity contribution < 1.29 is 13.5 Å². The van der Waals surface area contributed by atoms with Gasteiger partial charge in [-0.05, 0) is 24.6 Å². The lowest BCUT2D eigenvalue weighted by Crippen LogP contribution is -2.30. The highest BCUT2D eigenvalue weighted by Gasteiger charge is 2.16. The zero-order valence-corrected chi connectivity index (χ0v) is 13.0. The van der Waals surface area contributed by atoms with E-state index in [2.05, 4.69) is 10.1 Å². The van der Waals surface area contributed by atoms with E-state index < -0.39 is 6.61 Å². The van der Waals surface area contributed by atoms with Crippen molar-refractivity contribution in [3.8, 4) is 5.75 Å². The van der Waals surface area contributed by atoms with Crippen molar-refractivity contribution >= 4 is 23.5 Å². The topological polar surface area (TPSA) is 21.3 Å². The van der Waals surface area contributed by atoms with E-state index in [1.54, 1.807) is 18.2 Å². The molecule has 1 aliphatic rings. The van der Waals surface area contributed by atoms with E-state index in [1.165, 1.54) is 17.3 Å². The Morgan fingerprint density at radius 3 is 2.95 bits per heavy atom. The Bertz CT molecular complexity index is 414. The second kappa shape index (κ2) is 8.10. The first-order valence-corrected chi connectivity index (χ1v) is 8.83. The fourth-order valence-corrected chi connectivity index (χ4v) is 4.67. The molecule has 1 aromatic rings. The van der Waals surface area contributed by atoms with Crippen LogP contribution in [0, 0.1) is 0 Å². The van der Waals surface area contributed by atoms with E-state index in [0.717, 1.165) is 12.1 Å². The number of thioether (sulfide) groups is 2. The molecule has 0 radical (unpaired) electrons. The minimum Gasteiger partial charge on any atom is -0.435 e. The van der Waals surface area contributed by atoms with Crippen LogP contribution in [0.1, 0.15) is 18.5 Å². The molecule has 0 bridgehead atoms. The molecule has 2 rings (SSSR count). The van der Waals surface area contributed by atoms with Gasteiger partial charge in [-0.15, -0.1) is 0 Å². The van der Waals surface area contributed by atoms with Gasteiger partial charge in [0, 0.05) is 35.1 Å². The smallest absolute Gasteiger partial charge is 0.387 e. The van der Waals surface area contributed by atoms with Crippen LogP contribution in [0.25, 0.3) is 0 Å². The van der Waals surface area contributed by atoms with Gasteiger partial charge in [0.05, 0.1) is 0 Å². The van der Waals surface area contributed by atoms with Crippen LogP contribution >= 0.6 is 23.5 Å². The summed E-state index contributed by atoms with van der Waals surface area (Å²) in [5.74, 6) is 3.85. The van der Waals surface area contributed by atoms with Crippen LogP contribution in [0.4, 0.5) is 8.78 Å². The molecule has 0 saturated carbocycles. The fraction of sp³-hybridized carbons (Fsp3) is 0.571. The second-order valence-corrected chi connectivity index (χ2v) is 7.21. The first kappa shape index (κ1) is 15.9. The molecule has 2 nitrogen and oxygen atoms in total. The number of hydrogen-bond donors (Lipinski definition) is 1. The van der Waals surface area contributed by atoms with Gasteiger partial charge in [-0.25, -0.2) is 0 Å². The summed E-state index contributed by atoms with van der Waals surface area (Å²) in [6, 6.07) is 7.03. The van der Waals surface area contributed by atoms with E-state index in [0.29, 0.717) is 5.25 Å². The molecule has 0 spiro atoms. The molecule has 1 aromatic carbocycles. The zero-order chi connectivity index (χ0) is 14.4. The molecular formula is C14H19F2NOS2. The van der Waals surface area contributed by atoms with Crippen molar-refractivity contribution in [2.45, 2.75) is 24.8 Å². The first-order valence-electron chi connectivity index (χ1n) is 6.62.